The first-order valence-electron chi connectivity index (χ1n) is 10.4. The minimum Gasteiger partial charge on any atom is -0.453 e. The third-order valence-electron chi connectivity index (χ3n) is 5.66. The first-order chi connectivity index (χ1) is 14.3. The van der Waals surface area contributed by atoms with E-state index in [9.17, 15) is 14.4 Å². The number of hydrogen-bond donors (Lipinski definition) is 1. The van der Waals surface area contributed by atoms with Gasteiger partial charge in [0.2, 0.25) is 0 Å². The van der Waals surface area contributed by atoms with E-state index < -0.39 is 18.0 Å². The van der Waals surface area contributed by atoms with Crippen molar-refractivity contribution >= 4 is 23.3 Å². The number of ether oxygens (including phenoxy) is 1. The van der Waals surface area contributed by atoms with Crippen LogP contribution in [-0.4, -0.2) is 33.5 Å². The third-order valence-corrected chi connectivity index (χ3v) is 5.66. The Labute approximate surface area is 176 Å². The largest absolute Gasteiger partial charge is 0.453 e. The fourth-order valence-corrected chi connectivity index (χ4v) is 3.76. The third kappa shape index (κ3) is 4.96. The second kappa shape index (κ2) is 9.24. The van der Waals surface area contributed by atoms with Gasteiger partial charge in [0, 0.05) is 19.0 Å². The Morgan fingerprint density at radius 3 is 2.50 bits per heavy atom. The molecule has 0 saturated heterocycles. The van der Waals surface area contributed by atoms with Crippen LogP contribution in [0.25, 0.3) is 0 Å². The molecule has 1 aromatic heterocycles. The Bertz CT molecular complexity index is 977. The molecule has 0 aliphatic heterocycles. The lowest BCUT2D eigenvalue weighted by Crippen LogP contribution is -2.30. The molecule has 0 saturated carbocycles. The maximum atomic E-state index is 12.5. The molecule has 0 radical (unpaired) electrons. The minimum atomic E-state index is -0.963. The first-order valence-corrected chi connectivity index (χ1v) is 10.4. The number of carbonyl (C=O) groups is 3. The Morgan fingerprint density at radius 1 is 1.13 bits per heavy atom. The number of aryl methyl sites for hydroxylation is 4. The molecule has 0 bridgehead atoms. The Balaban J connectivity index is 1.50. The van der Waals surface area contributed by atoms with Crippen LogP contribution in [-0.2, 0) is 34.2 Å². The topological polar surface area (TPSA) is 90.3 Å². The molecule has 7 nitrogen and oxygen atoms in total. The van der Waals surface area contributed by atoms with Crippen LogP contribution in [0.4, 0.5) is 5.69 Å². The van der Waals surface area contributed by atoms with Crippen molar-refractivity contribution in [3.8, 4) is 0 Å². The Kier molecular flexibility index (Phi) is 6.70. The van der Waals surface area contributed by atoms with Crippen LogP contribution < -0.4 is 5.32 Å². The van der Waals surface area contributed by atoms with E-state index in [1.807, 2.05) is 25.1 Å². The summed E-state index contributed by atoms with van der Waals surface area (Å²) in [7, 11) is 1.79. The monoisotopic (exact) mass is 411 g/mol. The van der Waals surface area contributed by atoms with Gasteiger partial charge in [-0.3, -0.25) is 19.1 Å². The molecule has 0 fully saturated rings. The lowest BCUT2D eigenvalue weighted by atomic mass is 9.89. The number of hydrogen-bond acceptors (Lipinski definition) is 5. The number of nitrogens with zero attached hydrogens (tertiary/aromatic N) is 2. The number of esters is 1. The predicted octanol–water partition coefficient (Wildman–Crippen LogP) is 3.45. The van der Waals surface area contributed by atoms with Gasteiger partial charge in [0.25, 0.3) is 5.91 Å². The maximum absolute atomic E-state index is 12.5. The maximum Gasteiger partial charge on any atom is 0.307 e. The van der Waals surface area contributed by atoms with Gasteiger partial charge in [-0.1, -0.05) is 12.1 Å². The highest BCUT2D eigenvalue weighted by molar-refractivity contribution is 5.98. The van der Waals surface area contributed by atoms with Crippen molar-refractivity contribution in [1.29, 1.82) is 0 Å². The van der Waals surface area contributed by atoms with Crippen LogP contribution in [0, 0.1) is 13.8 Å². The highest BCUT2D eigenvalue weighted by Crippen LogP contribution is 2.23. The average molecular weight is 412 g/mol. The van der Waals surface area contributed by atoms with Crippen LogP contribution in [0.3, 0.4) is 0 Å². The molecule has 1 aliphatic carbocycles. The summed E-state index contributed by atoms with van der Waals surface area (Å²) in [6.45, 7) is 5.16. The molecule has 1 aromatic carbocycles. The summed E-state index contributed by atoms with van der Waals surface area (Å²) >= 11 is 0. The van der Waals surface area contributed by atoms with Gasteiger partial charge in [0.05, 0.1) is 23.5 Å². The highest BCUT2D eigenvalue weighted by Gasteiger charge is 2.21. The first kappa shape index (κ1) is 21.7. The summed E-state index contributed by atoms with van der Waals surface area (Å²) in [5.41, 5.74) is 5.31. The number of carbonyl (C=O) groups excluding carboxylic acids is 3. The normalized spacial score (nSPS) is 14.0. The summed E-state index contributed by atoms with van der Waals surface area (Å²) in [4.78, 5) is 37.0. The molecule has 160 valence electrons. The fourth-order valence-electron chi connectivity index (χ4n) is 3.76. The number of nitrogens with one attached hydrogen (secondary N) is 1. The number of aromatic nitrogens is 2. The average Bonchev–Trinajstić information content (AvgIpc) is 2.97. The molecule has 1 heterocycles. The van der Waals surface area contributed by atoms with E-state index in [4.69, 9.17) is 4.74 Å². The van der Waals surface area contributed by atoms with Gasteiger partial charge in [0.1, 0.15) is 0 Å². The molecule has 3 rings (SSSR count). The summed E-state index contributed by atoms with van der Waals surface area (Å²) in [5.74, 6) is -1.08. The van der Waals surface area contributed by atoms with E-state index in [0.29, 0.717) is 16.9 Å². The number of Topliss-reactive ketones (excluding diaryl/α,β-unsaturated/α-hetero) is 1. The zero-order valence-corrected chi connectivity index (χ0v) is 18.1. The lowest BCUT2D eigenvalue weighted by molar-refractivity contribution is -0.153. The molecule has 2 aromatic rings. The SMILES string of the molecule is Cc1nn(C)c(C)c1NC(=O)[C@@H](C)OC(=O)CCC(=O)c1ccc2c(c1)CCCC2. The van der Waals surface area contributed by atoms with Crippen LogP contribution in [0.5, 0.6) is 0 Å². The molecule has 7 heteroatoms. The lowest BCUT2D eigenvalue weighted by Gasteiger charge is -2.16. The minimum absolute atomic E-state index is 0.0571. The summed E-state index contributed by atoms with van der Waals surface area (Å²) in [6.07, 6.45) is 3.45. The van der Waals surface area contributed by atoms with Crippen molar-refractivity contribution in [2.45, 2.75) is 65.4 Å². The van der Waals surface area contributed by atoms with Crippen molar-refractivity contribution in [3.63, 3.8) is 0 Å². The van der Waals surface area contributed by atoms with Gasteiger partial charge in [-0.2, -0.15) is 5.10 Å². The summed E-state index contributed by atoms with van der Waals surface area (Å²) in [5, 5.41) is 7.00. The van der Waals surface area contributed by atoms with Gasteiger partial charge >= 0.3 is 5.97 Å². The van der Waals surface area contributed by atoms with Crippen LogP contribution >= 0.6 is 0 Å². The van der Waals surface area contributed by atoms with Crippen LogP contribution in [0.1, 0.15) is 65.5 Å². The van der Waals surface area contributed by atoms with Crippen molar-refractivity contribution in [1.82, 2.24) is 9.78 Å². The quantitative estimate of drug-likeness (QED) is 0.557. The van der Waals surface area contributed by atoms with Gasteiger partial charge in [0.15, 0.2) is 11.9 Å². The highest BCUT2D eigenvalue weighted by atomic mass is 16.5. The number of ketones is 1. The second-order valence-corrected chi connectivity index (χ2v) is 7.90. The summed E-state index contributed by atoms with van der Waals surface area (Å²) < 4.78 is 6.89. The van der Waals surface area contributed by atoms with Crippen LogP contribution in [0.2, 0.25) is 0 Å². The molecular formula is C23H29N3O4. The molecule has 0 spiro atoms. The number of fused-ring (bicyclic) bond motifs is 1. The zero-order valence-electron chi connectivity index (χ0n) is 18.1. The number of anilines is 1. The van der Waals surface area contributed by atoms with Crippen molar-refractivity contribution in [2.24, 2.45) is 7.05 Å². The van der Waals surface area contributed by atoms with E-state index in [1.54, 1.807) is 18.7 Å². The van der Waals surface area contributed by atoms with Crippen molar-refractivity contribution < 1.29 is 19.1 Å². The molecule has 0 unspecified atom stereocenters. The van der Waals surface area contributed by atoms with Crippen molar-refractivity contribution in [3.05, 3.63) is 46.3 Å². The fraction of sp³-hybridized carbons (Fsp3) is 0.478. The standard InChI is InChI=1S/C23H29N3O4/c1-14-22(15(2)26(4)25-14)24-23(29)16(3)30-21(28)12-11-20(27)19-10-9-17-7-5-6-8-18(17)13-19/h9-10,13,16H,5-8,11-12H2,1-4H3,(H,24,29)/t16-/m1/s1. The van der Waals surface area contributed by atoms with E-state index in [1.165, 1.54) is 24.5 Å². The van der Waals surface area contributed by atoms with E-state index in [2.05, 4.69) is 10.4 Å². The van der Waals surface area contributed by atoms with E-state index in [0.717, 1.165) is 25.0 Å². The van der Waals surface area contributed by atoms with Gasteiger partial charge in [-0.25, -0.2) is 0 Å². The van der Waals surface area contributed by atoms with Gasteiger partial charge < -0.3 is 10.1 Å². The molecule has 30 heavy (non-hydrogen) atoms. The van der Waals surface area contributed by atoms with Gasteiger partial charge in [-0.15, -0.1) is 0 Å². The summed E-state index contributed by atoms with van der Waals surface area (Å²) in [6, 6.07) is 5.82. The van der Waals surface area contributed by atoms with Crippen molar-refractivity contribution in [2.75, 3.05) is 5.32 Å². The number of benzene rings is 1. The second-order valence-electron chi connectivity index (χ2n) is 7.90. The zero-order chi connectivity index (χ0) is 21.8. The van der Waals surface area contributed by atoms with Gasteiger partial charge in [-0.05, 0) is 63.6 Å². The predicted molar refractivity (Wildman–Crippen MR) is 114 cm³/mol. The van der Waals surface area contributed by atoms with E-state index in [-0.39, 0.29) is 18.6 Å². The molecule has 1 amide bonds. The molecule has 1 N–H and O–H groups in total. The Morgan fingerprint density at radius 2 is 1.83 bits per heavy atom. The Hall–Kier alpha value is -2.96. The molecule has 1 atom stereocenters. The smallest absolute Gasteiger partial charge is 0.307 e. The van der Waals surface area contributed by atoms with E-state index >= 15 is 0 Å². The van der Waals surface area contributed by atoms with Crippen LogP contribution in [0.15, 0.2) is 18.2 Å². The number of amides is 1. The molecular weight excluding hydrogens is 382 g/mol. The number of rotatable bonds is 7. The molecule has 1 aliphatic rings.